The van der Waals surface area contributed by atoms with E-state index in [9.17, 15) is 4.79 Å². The summed E-state index contributed by atoms with van der Waals surface area (Å²) in [6, 6.07) is 8.51. The fourth-order valence-corrected chi connectivity index (χ4v) is 1.48. The van der Waals surface area contributed by atoms with E-state index >= 15 is 0 Å². The summed E-state index contributed by atoms with van der Waals surface area (Å²) in [5.41, 5.74) is 0.506. The normalized spacial score (nSPS) is 11.6. The smallest absolute Gasteiger partial charge is 0.181 e. The number of nitrogens with zero attached hydrogens (tertiary/aromatic N) is 1. The number of hydrogen-bond donors (Lipinski definition) is 1. The molecule has 16 heavy (non-hydrogen) atoms. The van der Waals surface area contributed by atoms with Crippen molar-refractivity contribution in [3.63, 3.8) is 0 Å². The van der Waals surface area contributed by atoms with Crippen molar-refractivity contribution in [1.82, 2.24) is 0 Å². The van der Waals surface area contributed by atoms with Gasteiger partial charge in [-0.3, -0.25) is 4.79 Å². The van der Waals surface area contributed by atoms with Crippen LogP contribution in [0.25, 0.3) is 0 Å². The summed E-state index contributed by atoms with van der Waals surface area (Å²) >= 11 is 5.77. The first kappa shape index (κ1) is 12.3. The number of aliphatic hydroxyl groups excluding tert-OH is 1. The molecular formula is C12H10ClNO2. The van der Waals surface area contributed by atoms with Crippen molar-refractivity contribution in [2.75, 3.05) is 0 Å². The van der Waals surface area contributed by atoms with E-state index in [0.29, 0.717) is 10.6 Å². The second-order valence-electron chi connectivity index (χ2n) is 3.30. The number of rotatable bonds is 3. The van der Waals surface area contributed by atoms with Gasteiger partial charge in [0.05, 0.1) is 0 Å². The van der Waals surface area contributed by atoms with Gasteiger partial charge in [0.2, 0.25) is 0 Å². The number of allylic oxidation sites excluding steroid dienone is 2. The quantitative estimate of drug-likeness (QED) is 0.498. The van der Waals surface area contributed by atoms with E-state index in [-0.39, 0.29) is 17.8 Å². The molecule has 0 saturated heterocycles. The Balaban J connectivity index is 2.88. The average Bonchev–Trinajstić information content (AvgIpc) is 2.17. The lowest BCUT2D eigenvalue weighted by molar-refractivity contribution is -0.114. The molecule has 0 unspecified atom stereocenters. The lowest BCUT2D eigenvalue weighted by Gasteiger charge is -2.01. The van der Waals surface area contributed by atoms with E-state index in [2.05, 4.69) is 0 Å². The van der Waals surface area contributed by atoms with E-state index in [1.807, 2.05) is 0 Å². The van der Waals surface area contributed by atoms with Crippen molar-refractivity contribution in [1.29, 1.82) is 5.26 Å². The number of ketones is 1. The van der Waals surface area contributed by atoms with Gasteiger partial charge < -0.3 is 5.11 Å². The number of carbonyl (C=O) groups is 1. The molecule has 4 heteroatoms. The summed E-state index contributed by atoms with van der Waals surface area (Å²) < 4.78 is 0. The Hall–Kier alpha value is -1.79. The molecule has 0 aromatic heterocycles. The van der Waals surface area contributed by atoms with Crippen LogP contribution in [0.15, 0.2) is 35.6 Å². The molecule has 0 amide bonds. The monoisotopic (exact) mass is 235 g/mol. The lowest BCUT2D eigenvalue weighted by Crippen LogP contribution is -2.07. The van der Waals surface area contributed by atoms with Crippen molar-refractivity contribution in [3.8, 4) is 6.07 Å². The zero-order chi connectivity index (χ0) is 12.1. The molecule has 1 aromatic rings. The maximum absolute atomic E-state index is 11.6. The number of halogens is 1. The van der Waals surface area contributed by atoms with Gasteiger partial charge in [-0.2, -0.15) is 5.26 Å². The summed E-state index contributed by atoms with van der Waals surface area (Å²) in [6.45, 7) is 1.31. The maximum atomic E-state index is 11.6. The Morgan fingerprint density at radius 3 is 2.75 bits per heavy atom. The largest absolute Gasteiger partial charge is 0.511 e. The van der Waals surface area contributed by atoms with Gasteiger partial charge in [-0.15, -0.1) is 0 Å². The molecule has 0 fully saturated rings. The second-order valence-corrected chi connectivity index (χ2v) is 3.74. The number of hydrogen-bond acceptors (Lipinski definition) is 3. The third-order valence-corrected chi connectivity index (χ3v) is 2.24. The van der Waals surface area contributed by atoms with E-state index in [1.165, 1.54) is 6.92 Å². The summed E-state index contributed by atoms with van der Waals surface area (Å²) in [6.07, 6.45) is 0.0569. The Morgan fingerprint density at radius 2 is 2.25 bits per heavy atom. The number of Topliss-reactive ketones (excluding diaryl/α,β-unsaturated/α-hetero) is 1. The molecule has 0 aliphatic heterocycles. The summed E-state index contributed by atoms with van der Waals surface area (Å²) in [7, 11) is 0. The van der Waals surface area contributed by atoms with Gasteiger partial charge in [-0.05, 0) is 24.6 Å². The number of carbonyl (C=O) groups excluding carboxylic acids is 1. The molecule has 0 spiro atoms. The minimum absolute atomic E-state index is 0.0569. The zero-order valence-electron chi connectivity index (χ0n) is 8.70. The molecule has 0 aliphatic carbocycles. The minimum atomic E-state index is -0.412. The van der Waals surface area contributed by atoms with Gasteiger partial charge in [0.1, 0.15) is 17.4 Å². The highest BCUT2D eigenvalue weighted by molar-refractivity contribution is 6.30. The van der Waals surface area contributed by atoms with Crippen molar-refractivity contribution in [3.05, 3.63) is 46.2 Å². The fourth-order valence-electron chi connectivity index (χ4n) is 1.27. The highest BCUT2D eigenvalue weighted by atomic mass is 35.5. The fraction of sp³-hybridized carbons (Fsp3) is 0.167. The van der Waals surface area contributed by atoms with Crippen LogP contribution >= 0.6 is 11.6 Å². The molecule has 0 radical (unpaired) electrons. The molecular weight excluding hydrogens is 226 g/mol. The van der Waals surface area contributed by atoms with Crippen LogP contribution in [-0.2, 0) is 11.2 Å². The summed E-state index contributed by atoms with van der Waals surface area (Å²) in [4.78, 5) is 11.6. The van der Waals surface area contributed by atoms with Crippen LogP contribution in [0.3, 0.4) is 0 Å². The molecule has 0 aliphatic rings. The average molecular weight is 236 g/mol. The molecule has 82 valence electrons. The molecule has 1 rings (SSSR count). The molecule has 1 N–H and O–H groups in total. The van der Waals surface area contributed by atoms with Gasteiger partial charge in [0.15, 0.2) is 5.78 Å². The third kappa shape index (κ3) is 3.11. The van der Waals surface area contributed by atoms with Crippen LogP contribution in [0.1, 0.15) is 12.5 Å². The van der Waals surface area contributed by atoms with Crippen LogP contribution in [0.4, 0.5) is 0 Å². The second kappa shape index (κ2) is 5.34. The van der Waals surface area contributed by atoms with Crippen LogP contribution in [0.5, 0.6) is 0 Å². The van der Waals surface area contributed by atoms with E-state index < -0.39 is 5.78 Å². The van der Waals surface area contributed by atoms with Gasteiger partial charge in [-0.25, -0.2) is 0 Å². The minimum Gasteiger partial charge on any atom is -0.511 e. The van der Waals surface area contributed by atoms with Crippen molar-refractivity contribution < 1.29 is 9.90 Å². The first-order chi connectivity index (χ1) is 7.54. The van der Waals surface area contributed by atoms with Crippen molar-refractivity contribution in [2.45, 2.75) is 13.3 Å². The predicted octanol–water partition coefficient (Wildman–Crippen LogP) is 2.81. The van der Waals surface area contributed by atoms with E-state index in [4.69, 9.17) is 22.0 Å². The van der Waals surface area contributed by atoms with Crippen LogP contribution in [0.2, 0.25) is 5.02 Å². The highest BCUT2D eigenvalue weighted by Crippen LogP contribution is 2.13. The molecule has 0 bridgehead atoms. The molecule has 1 aromatic carbocycles. The lowest BCUT2D eigenvalue weighted by atomic mass is 10.0. The van der Waals surface area contributed by atoms with E-state index in [0.717, 1.165) is 0 Å². The topological polar surface area (TPSA) is 61.1 Å². The Bertz CT molecular complexity index is 482. The first-order valence-corrected chi connectivity index (χ1v) is 5.00. The first-order valence-electron chi connectivity index (χ1n) is 4.62. The Kier molecular flexibility index (Phi) is 4.10. The summed E-state index contributed by atoms with van der Waals surface area (Å²) in [5.74, 6) is -0.667. The number of aliphatic hydroxyl groups is 1. The van der Waals surface area contributed by atoms with Crippen molar-refractivity contribution in [2.24, 2.45) is 0 Å². The maximum Gasteiger partial charge on any atom is 0.181 e. The SMILES string of the molecule is C/C(O)=C(\C#N)C(=O)Cc1cccc(Cl)c1. The van der Waals surface area contributed by atoms with Gasteiger partial charge in [-0.1, -0.05) is 23.7 Å². The van der Waals surface area contributed by atoms with Crippen LogP contribution in [0, 0.1) is 11.3 Å². The molecule has 0 saturated carbocycles. The standard InChI is InChI=1S/C12H10ClNO2/c1-8(15)11(7-14)12(16)6-9-3-2-4-10(13)5-9/h2-5,15H,6H2,1H3/b11-8-. The summed E-state index contributed by atoms with van der Waals surface area (Å²) in [5, 5.41) is 18.3. The highest BCUT2D eigenvalue weighted by Gasteiger charge is 2.13. The number of benzene rings is 1. The predicted molar refractivity (Wildman–Crippen MR) is 61.1 cm³/mol. The van der Waals surface area contributed by atoms with Crippen LogP contribution in [-0.4, -0.2) is 10.9 Å². The van der Waals surface area contributed by atoms with Gasteiger partial charge >= 0.3 is 0 Å². The third-order valence-electron chi connectivity index (χ3n) is 2.01. The molecule has 0 heterocycles. The van der Waals surface area contributed by atoms with E-state index in [1.54, 1.807) is 30.3 Å². The molecule has 3 nitrogen and oxygen atoms in total. The Labute approximate surface area is 98.6 Å². The molecule has 0 atom stereocenters. The number of nitriles is 1. The van der Waals surface area contributed by atoms with Crippen molar-refractivity contribution >= 4 is 17.4 Å². The zero-order valence-corrected chi connectivity index (χ0v) is 9.45. The van der Waals surface area contributed by atoms with Gasteiger partial charge in [0, 0.05) is 11.4 Å². The van der Waals surface area contributed by atoms with Gasteiger partial charge in [0.25, 0.3) is 0 Å². The van der Waals surface area contributed by atoms with Crippen LogP contribution < -0.4 is 0 Å². The Morgan fingerprint density at radius 1 is 1.56 bits per heavy atom.